The third-order valence-electron chi connectivity index (χ3n) is 4.47. The highest BCUT2D eigenvalue weighted by atomic mass is 35.5. The largest absolute Gasteiger partial charge is 0.369 e. The lowest BCUT2D eigenvalue weighted by Crippen LogP contribution is -2.30. The minimum Gasteiger partial charge on any atom is -0.369 e. The van der Waals surface area contributed by atoms with E-state index in [4.69, 9.17) is 11.6 Å². The molecule has 2 aromatic carbocycles. The van der Waals surface area contributed by atoms with Crippen LogP contribution >= 0.6 is 11.6 Å². The molecule has 1 heterocycles. The van der Waals surface area contributed by atoms with Gasteiger partial charge in [-0.05, 0) is 38.1 Å². The van der Waals surface area contributed by atoms with Crippen LogP contribution in [0, 0.1) is 11.8 Å². The van der Waals surface area contributed by atoms with Gasteiger partial charge in [0.05, 0.1) is 6.54 Å². The van der Waals surface area contributed by atoms with Gasteiger partial charge in [-0.2, -0.15) is 0 Å². The molecule has 0 amide bonds. The van der Waals surface area contributed by atoms with Crippen LogP contribution in [0.25, 0.3) is 0 Å². The molecule has 0 spiro atoms. The molecular formula is C21H22ClNO. The summed E-state index contributed by atoms with van der Waals surface area (Å²) in [4.78, 5) is 2.35. The van der Waals surface area contributed by atoms with Gasteiger partial charge in [0.15, 0.2) is 5.60 Å². The van der Waals surface area contributed by atoms with E-state index in [-0.39, 0.29) is 0 Å². The van der Waals surface area contributed by atoms with Crippen LogP contribution in [0.3, 0.4) is 0 Å². The average molecular weight is 340 g/mol. The van der Waals surface area contributed by atoms with Crippen LogP contribution in [0.15, 0.2) is 54.6 Å². The Morgan fingerprint density at radius 1 is 0.917 bits per heavy atom. The lowest BCUT2D eigenvalue weighted by molar-refractivity contribution is 0.145. The fraction of sp³-hybridized carbons (Fsp3) is 0.333. The molecule has 0 bridgehead atoms. The van der Waals surface area contributed by atoms with E-state index in [0.717, 1.165) is 24.2 Å². The lowest BCUT2D eigenvalue weighted by atomic mass is 9.87. The van der Waals surface area contributed by atoms with E-state index in [2.05, 4.69) is 16.7 Å². The highest BCUT2D eigenvalue weighted by Gasteiger charge is 2.29. The molecule has 0 saturated carbocycles. The van der Waals surface area contributed by atoms with Crippen molar-refractivity contribution in [3.05, 3.63) is 70.7 Å². The van der Waals surface area contributed by atoms with Gasteiger partial charge in [0, 0.05) is 16.1 Å². The van der Waals surface area contributed by atoms with Crippen LogP contribution in [0.5, 0.6) is 0 Å². The number of hydrogen-bond donors (Lipinski definition) is 1. The van der Waals surface area contributed by atoms with Crippen molar-refractivity contribution in [3.8, 4) is 11.8 Å². The van der Waals surface area contributed by atoms with E-state index in [9.17, 15) is 5.11 Å². The van der Waals surface area contributed by atoms with Gasteiger partial charge in [-0.25, -0.2) is 0 Å². The van der Waals surface area contributed by atoms with Gasteiger partial charge >= 0.3 is 0 Å². The van der Waals surface area contributed by atoms with E-state index >= 15 is 0 Å². The van der Waals surface area contributed by atoms with Crippen molar-refractivity contribution >= 4 is 11.6 Å². The quantitative estimate of drug-likeness (QED) is 0.852. The third kappa shape index (κ3) is 3.99. The zero-order chi connectivity index (χ0) is 16.8. The summed E-state index contributed by atoms with van der Waals surface area (Å²) in [5.74, 6) is 6.32. The van der Waals surface area contributed by atoms with Gasteiger partial charge in [-0.3, -0.25) is 4.90 Å². The smallest absolute Gasteiger partial charge is 0.176 e. The number of likely N-dealkylation sites (tertiary alicyclic amines) is 1. The van der Waals surface area contributed by atoms with Crippen LogP contribution in [0.4, 0.5) is 0 Å². The number of benzene rings is 2. The zero-order valence-electron chi connectivity index (χ0n) is 13.7. The number of aliphatic hydroxyl groups is 1. The van der Waals surface area contributed by atoms with Crippen molar-refractivity contribution in [1.29, 1.82) is 0 Å². The second-order valence-electron chi connectivity index (χ2n) is 6.22. The molecular weight excluding hydrogens is 318 g/mol. The maximum absolute atomic E-state index is 11.3. The summed E-state index contributed by atoms with van der Waals surface area (Å²) < 4.78 is 0. The normalized spacial score (nSPS) is 17.6. The number of hydrogen-bond acceptors (Lipinski definition) is 2. The molecule has 1 aliphatic heterocycles. The third-order valence-corrected chi connectivity index (χ3v) is 4.73. The minimum atomic E-state index is -1.32. The van der Waals surface area contributed by atoms with E-state index in [1.54, 1.807) is 12.1 Å². The van der Waals surface area contributed by atoms with Crippen LogP contribution in [-0.2, 0) is 5.60 Å². The molecule has 1 N–H and O–H groups in total. The molecule has 1 aliphatic rings. The lowest BCUT2D eigenvalue weighted by Gasteiger charge is -2.25. The van der Waals surface area contributed by atoms with Crippen molar-refractivity contribution in [2.45, 2.75) is 24.9 Å². The Balaban J connectivity index is 1.89. The second kappa shape index (κ2) is 7.85. The molecule has 1 unspecified atom stereocenters. The summed E-state index contributed by atoms with van der Waals surface area (Å²) in [5, 5.41) is 12.0. The first-order valence-electron chi connectivity index (χ1n) is 8.45. The first-order chi connectivity index (χ1) is 11.7. The van der Waals surface area contributed by atoms with E-state index in [0.29, 0.717) is 11.6 Å². The Kier molecular flexibility index (Phi) is 5.58. The number of nitrogens with zero attached hydrogens (tertiary/aromatic N) is 1. The van der Waals surface area contributed by atoms with Crippen molar-refractivity contribution in [1.82, 2.24) is 4.90 Å². The van der Waals surface area contributed by atoms with Crippen molar-refractivity contribution in [3.63, 3.8) is 0 Å². The summed E-state index contributed by atoms with van der Waals surface area (Å²) in [6.07, 6.45) is 3.78. The van der Waals surface area contributed by atoms with Crippen molar-refractivity contribution in [2.24, 2.45) is 0 Å². The van der Waals surface area contributed by atoms with E-state index < -0.39 is 5.60 Å². The zero-order valence-corrected chi connectivity index (χ0v) is 14.5. The van der Waals surface area contributed by atoms with Crippen LogP contribution in [-0.4, -0.2) is 29.6 Å². The fourth-order valence-electron chi connectivity index (χ4n) is 3.08. The highest BCUT2D eigenvalue weighted by molar-refractivity contribution is 6.30. The fourth-order valence-corrected chi connectivity index (χ4v) is 3.20. The number of rotatable bonds is 3. The van der Waals surface area contributed by atoms with Gasteiger partial charge in [-0.1, -0.05) is 72.3 Å². The predicted octanol–water partition coefficient (Wildman–Crippen LogP) is 4.07. The Labute approximate surface area is 149 Å². The van der Waals surface area contributed by atoms with Crippen LogP contribution in [0.2, 0.25) is 5.02 Å². The Morgan fingerprint density at radius 3 is 2.21 bits per heavy atom. The predicted molar refractivity (Wildman–Crippen MR) is 99.0 cm³/mol. The summed E-state index contributed by atoms with van der Waals surface area (Å²) in [6.45, 7) is 2.89. The van der Waals surface area contributed by atoms with Gasteiger partial charge in [0.1, 0.15) is 0 Å². The molecule has 0 aromatic heterocycles. The van der Waals surface area contributed by atoms with Gasteiger partial charge in [0.25, 0.3) is 0 Å². The Morgan fingerprint density at radius 2 is 1.54 bits per heavy atom. The van der Waals surface area contributed by atoms with E-state index in [1.165, 1.54) is 19.3 Å². The van der Waals surface area contributed by atoms with Crippen LogP contribution in [0.1, 0.15) is 30.4 Å². The minimum absolute atomic E-state index is 0.649. The van der Waals surface area contributed by atoms with Crippen LogP contribution < -0.4 is 0 Å². The second-order valence-corrected chi connectivity index (χ2v) is 6.66. The summed E-state index contributed by atoms with van der Waals surface area (Å²) >= 11 is 5.99. The monoisotopic (exact) mass is 339 g/mol. The molecule has 2 nitrogen and oxygen atoms in total. The molecule has 0 aliphatic carbocycles. The maximum Gasteiger partial charge on any atom is 0.176 e. The van der Waals surface area contributed by atoms with Crippen molar-refractivity contribution < 1.29 is 5.11 Å². The van der Waals surface area contributed by atoms with Gasteiger partial charge in [-0.15, -0.1) is 0 Å². The average Bonchev–Trinajstić information content (AvgIpc) is 2.64. The summed E-state index contributed by atoms with van der Waals surface area (Å²) in [7, 11) is 0. The molecule has 1 fully saturated rings. The van der Waals surface area contributed by atoms with E-state index in [1.807, 2.05) is 42.5 Å². The molecule has 3 rings (SSSR count). The summed E-state index contributed by atoms with van der Waals surface area (Å²) in [6, 6.07) is 16.8. The first-order valence-corrected chi connectivity index (χ1v) is 8.82. The molecule has 0 radical (unpaired) electrons. The topological polar surface area (TPSA) is 23.5 Å². The highest BCUT2D eigenvalue weighted by Crippen LogP contribution is 2.29. The van der Waals surface area contributed by atoms with Crippen molar-refractivity contribution in [2.75, 3.05) is 19.6 Å². The first kappa shape index (κ1) is 17.0. The number of halogens is 1. The Hall–Kier alpha value is -1.79. The molecule has 1 atom stereocenters. The molecule has 2 aromatic rings. The summed E-state index contributed by atoms with van der Waals surface area (Å²) in [5.41, 5.74) is 0.199. The molecule has 3 heteroatoms. The SMILES string of the molecule is OC(C#CCN1CCCCC1)(c1ccccc1)c1ccc(Cl)cc1. The van der Waals surface area contributed by atoms with Gasteiger partial charge < -0.3 is 5.11 Å². The molecule has 124 valence electrons. The maximum atomic E-state index is 11.3. The molecule has 1 saturated heterocycles. The number of piperidine rings is 1. The Bertz CT molecular complexity index is 711. The van der Waals surface area contributed by atoms with Gasteiger partial charge in [0.2, 0.25) is 0 Å². The standard InChI is InChI=1S/C21H22ClNO/c22-20-12-10-19(11-13-20)21(24,18-8-3-1-4-9-18)14-7-17-23-15-5-2-6-16-23/h1,3-4,8-13,24H,2,5-6,15-17H2. The molecule has 24 heavy (non-hydrogen) atoms.